The lowest BCUT2D eigenvalue weighted by molar-refractivity contribution is -0.109. The molecule has 1 fully saturated rings. The van der Waals surface area contributed by atoms with Crippen LogP contribution in [0.5, 0.6) is 0 Å². The van der Waals surface area contributed by atoms with Crippen LogP contribution in [0.1, 0.15) is 6.42 Å². The maximum absolute atomic E-state index is 9.89. The molecule has 0 heterocycles. The molecule has 1 aliphatic carbocycles. The van der Waals surface area contributed by atoms with Crippen molar-refractivity contribution in [1.82, 2.24) is 0 Å². The minimum atomic E-state index is 0.317. The van der Waals surface area contributed by atoms with Crippen LogP contribution >= 0.6 is 0 Å². The van der Waals surface area contributed by atoms with E-state index in [0.29, 0.717) is 11.8 Å². The minimum Gasteiger partial charge on any atom is -0.303 e. The highest BCUT2D eigenvalue weighted by Gasteiger charge is 2.33. The first-order valence-corrected chi connectivity index (χ1v) is 2.46. The molecule has 38 valence electrons. The summed E-state index contributed by atoms with van der Waals surface area (Å²) in [5.41, 5.74) is 0. The number of carbonyl (C=O) groups is 1. The van der Waals surface area contributed by atoms with E-state index in [9.17, 15) is 4.79 Å². The van der Waals surface area contributed by atoms with Crippen molar-refractivity contribution in [2.45, 2.75) is 6.42 Å². The van der Waals surface area contributed by atoms with Crippen LogP contribution in [0.15, 0.2) is 12.7 Å². The first kappa shape index (κ1) is 4.57. The number of hydrogen-bond acceptors (Lipinski definition) is 1. The summed E-state index contributed by atoms with van der Waals surface area (Å²) in [7, 11) is 0. The molecule has 0 N–H and O–H groups in total. The Morgan fingerprint density at radius 2 is 2.29 bits per heavy atom. The van der Waals surface area contributed by atoms with E-state index in [1.54, 1.807) is 0 Å². The van der Waals surface area contributed by atoms with Crippen LogP contribution in [0.3, 0.4) is 0 Å². The van der Waals surface area contributed by atoms with Gasteiger partial charge in [-0.3, -0.25) is 0 Å². The molecular formula is C6H8O. The molecular weight excluding hydrogens is 88.1 g/mol. The van der Waals surface area contributed by atoms with Crippen LogP contribution < -0.4 is 0 Å². The predicted octanol–water partition coefficient (Wildman–Crippen LogP) is 1.01. The first-order chi connectivity index (χ1) is 3.38. The molecule has 0 spiro atoms. The molecule has 2 atom stereocenters. The summed E-state index contributed by atoms with van der Waals surface area (Å²) < 4.78 is 0. The Labute approximate surface area is 43.0 Å². The van der Waals surface area contributed by atoms with Crippen molar-refractivity contribution in [2.75, 3.05) is 0 Å². The number of carbonyl (C=O) groups excluding carboxylic acids is 1. The van der Waals surface area contributed by atoms with Gasteiger partial charge in [0.05, 0.1) is 0 Å². The average Bonchev–Trinajstić information content (AvgIpc) is 2.43. The van der Waals surface area contributed by atoms with Crippen LogP contribution in [0.2, 0.25) is 0 Å². The van der Waals surface area contributed by atoms with Gasteiger partial charge in [-0.1, -0.05) is 6.08 Å². The Morgan fingerprint density at radius 1 is 1.57 bits per heavy atom. The molecule has 1 nitrogen and oxygen atoms in total. The Kier molecular flexibility index (Phi) is 0.970. The lowest BCUT2D eigenvalue weighted by Crippen LogP contribution is -1.75. The molecule has 0 amide bonds. The van der Waals surface area contributed by atoms with Crippen molar-refractivity contribution in [3.63, 3.8) is 0 Å². The average molecular weight is 96.1 g/mol. The summed E-state index contributed by atoms with van der Waals surface area (Å²) in [5.74, 6) is 0.829. The number of allylic oxidation sites excluding steroid dienone is 1. The van der Waals surface area contributed by atoms with Gasteiger partial charge in [0.15, 0.2) is 0 Å². The Bertz CT molecular complexity index is 84.4. The SMILES string of the molecule is C=CC1CC1C=O. The number of rotatable bonds is 2. The minimum absolute atomic E-state index is 0.317. The van der Waals surface area contributed by atoms with Gasteiger partial charge in [0.25, 0.3) is 0 Å². The largest absolute Gasteiger partial charge is 0.303 e. The zero-order chi connectivity index (χ0) is 5.28. The van der Waals surface area contributed by atoms with Gasteiger partial charge in [-0.2, -0.15) is 0 Å². The van der Waals surface area contributed by atoms with Crippen molar-refractivity contribution >= 4 is 6.29 Å². The maximum Gasteiger partial charge on any atom is 0.123 e. The van der Waals surface area contributed by atoms with Gasteiger partial charge in [0.1, 0.15) is 6.29 Å². The zero-order valence-electron chi connectivity index (χ0n) is 4.13. The van der Waals surface area contributed by atoms with Gasteiger partial charge in [0, 0.05) is 5.92 Å². The lowest BCUT2D eigenvalue weighted by atomic mass is 10.3. The quantitative estimate of drug-likeness (QED) is 0.370. The predicted molar refractivity (Wildman–Crippen MR) is 27.9 cm³/mol. The zero-order valence-corrected chi connectivity index (χ0v) is 4.13. The Hall–Kier alpha value is -0.590. The molecule has 0 aromatic rings. The summed E-state index contributed by atoms with van der Waals surface area (Å²) in [5, 5.41) is 0. The second-order valence-electron chi connectivity index (χ2n) is 1.94. The van der Waals surface area contributed by atoms with Crippen LogP contribution in [0.25, 0.3) is 0 Å². The highest BCUT2D eigenvalue weighted by molar-refractivity contribution is 5.58. The van der Waals surface area contributed by atoms with E-state index in [2.05, 4.69) is 6.58 Å². The first-order valence-electron chi connectivity index (χ1n) is 2.46. The molecule has 0 aliphatic heterocycles. The summed E-state index contributed by atoms with van der Waals surface area (Å²) in [6.07, 6.45) is 3.89. The van der Waals surface area contributed by atoms with E-state index in [4.69, 9.17) is 0 Å². The van der Waals surface area contributed by atoms with Crippen LogP contribution in [-0.2, 0) is 4.79 Å². The van der Waals surface area contributed by atoms with Gasteiger partial charge in [-0.05, 0) is 12.3 Å². The third-order valence-corrected chi connectivity index (χ3v) is 1.37. The van der Waals surface area contributed by atoms with Gasteiger partial charge in [0.2, 0.25) is 0 Å². The molecule has 0 aromatic carbocycles. The van der Waals surface area contributed by atoms with Crippen LogP contribution in [0, 0.1) is 11.8 Å². The number of hydrogen-bond donors (Lipinski definition) is 0. The third kappa shape index (κ3) is 0.710. The highest BCUT2D eigenvalue weighted by Crippen LogP contribution is 2.36. The molecule has 0 bridgehead atoms. The summed E-state index contributed by atoms with van der Waals surface area (Å²) >= 11 is 0. The molecule has 7 heavy (non-hydrogen) atoms. The van der Waals surface area contributed by atoms with Crippen LogP contribution in [-0.4, -0.2) is 6.29 Å². The third-order valence-electron chi connectivity index (χ3n) is 1.37. The van der Waals surface area contributed by atoms with Crippen molar-refractivity contribution in [3.05, 3.63) is 12.7 Å². The van der Waals surface area contributed by atoms with Crippen molar-refractivity contribution in [3.8, 4) is 0 Å². The topological polar surface area (TPSA) is 17.1 Å². The lowest BCUT2D eigenvalue weighted by Gasteiger charge is -1.72. The fraction of sp³-hybridized carbons (Fsp3) is 0.500. The van der Waals surface area contributed by atoms with Gasteiger partial charge in [-0.15, -0.1) is 6.58 Å². The van der Waals surface area contributed by atoms with E-state index in [1.165, 1.54) is 0 Å². The molecule has 1 rings (SSSR count). The van der Waals surface area contributed by atoms with E-state index >= 15 is 0 Å². The molecule has 0 radical (unpaired) electrons. The van der Waals surface area contributed by atoms with Crippen LogP contribution in [0.4, 0.5) is 0 Å². The standard InChI is InChI=1S/C6H8O/c1-2-5-3-6(5)4-7/h2,4-6H,1,3H2. The molecule has 0 aromatic heterocycles. The highest BCUT2D eigenvalue weighted by atomic mass is 16.1. The maximum atomic E-state index is 9.89. The molecule has 0 saturated heterocycles. The molecule has 1 saturated carbocycles. The normalized spacial score (nSPS) is 37.1. The van der Waals surface area contributed by atoms with Gasteiger partial charge >= 0.3 is 0 Å². The smallest absolute Gasteiger partial charge is 0.123 e. The van der Waals surface area contributed by atoms with E-state index in [-0.39, 0.29) is 0 Å². The van der Waals surface area contributed by atoms with Crippen molar-refractivity contribution in [1.29, 1.82) is 0 Å². The Morgan fingerprint density at radius 3 is 2.43 bits per heavy atom. The fourth-order valence-electron chi connectivity index (χ4n) is 0.663. The van der Waals surface area contributed by atoms with E-state index < -0.39 is 0 Å². The second-order valence-corrected chi connectivity index (χ2v) is 1.94. The fourth-order valence-corrected chi connectivity index (χ4v) is 0.663. The second kappa shape index (κ2) is 1.49. The number of aldehydes is 1. The Balaban J connectivity index is 2.30. The molecule has 1 heteroatoms. The summed E-state index contributed by atoms with van der Waals surface area (Å²) in [6.45, 7) is 3.56. The van der Waals surface area contributed by atoms with Crippen molar-refractivity contribution < 1.29 is 4.79 Å². The molecule has 2 unspecified atom stereocenters. The monoisotopic (exact) mass is 96.1 g/mol. The van der Waals surface area contributed by atoms with Crippen molar-refractivity contribution in [2.24, 2.45) is 11.8 Å². The molecule has 1 aliphatic rings. The van der Waals surface area contributed by atoms with E-state index in [1.807, 2.05) is 6.08 Å². The van der Waals surface area contributed by atoms with E-state index in [0.717, 1.165) is 12.7 Å². The summed E-state index contributed by atoms with van der Waals surface area (Å²) in [4.78, 5) is 9.89. The summed E-state index contributed by atoms with van der Waals surface area (Å²) in [6, 6.07) is 0. The van der Waals surface area contributed by atoms with Gasteiger partial charge in [-0.25, -0.2) is 0 Å². The van der Waals surface area contributed by atoms with Gasteiger partial charge < -0.3 is 4.79 Å².